The van der Waals surface area contributed by atoms with E-state index < -0.39 is 83.9 Å². The van der Waals surface area contributed by atoms with Gasteiger partial charge >= 0.3 is 5.97 Å². The van der Waals surface area contributed by atoms with E-state index in [1.807, 2.05) is 58.1 Å². The van der Waals surface area contributed by atoms with Crippen molar-refractivity contribution >= 4 is 29.2 Å². The number of hydrogen-bond donors (Lipinski definition) is 3. The number of hydrogen-bond acceptors (Lipinski definition) is 13. The number of rotatable bonds is 6. The van der Waals surface area contributed by atoms with Gasteiger partial charge in [-0.25, -0.2) is 4.79 Å². The molecule has 2 saturated heterocycles. The van der Waals surface area contributed by atoms with Gasteiger partial charge in [0.1, 0.15) is 30.1 Å². The number of allylic oxidation sites excluding steroid dienone is 6. The maximum Gasteiger partial charge on any atom is 0.329 e. The van der Waals surface area contributed by atoms with E-state index in [1.54, 1.807) is 41.1 Å². The molecule has 3 N–H and O–H groups in total. The molecular weight excluding hydrogens is 835 g/mol. The van der Waals surface area contributed by atoms with Crippen LogP contribution in [-0.4, -0.2) is 132 Å². The Labute approximate surface area is 387 Å². The fourth-order valence-corrected chi connectivity index (χ4v) is 10.1. The molecule has 3 aliphatic heterocycles. The van der Waals surface area contributed by atoms with Gasteiger partial charge in [-0.05, 0) is 107 Å². The Kier molecular flexibility index (Phi) is 21.0. The molecule has 14 nitrogen and oxygen atoms in total. The van der Waals surface area contributed by atoms with Crippen LogP contribution in [0.15, 0.2) is 47.6 Å². The molecule has 1 saturated carbocycles. The van der Waals surface area contributed by atoms with Crippen LogP contribution in [0.25, 0.3) is 0 Å². The maximum atomic E-state index is 14.4. The van der Waals surface area contributed by atoms with Gasteiger partial charge in [-0.15, -0.1) is 0 Å². The monoisotopic (exact) mass is 914 g/mol. The van der Waals surface area contributed by atoms with Gasteiger partial charge < -0.3 is 43.9 Å². The second-order valence-corrected chi connectivity index (χ2v) is 19.6. The van der Waals surface area contributed by atoms with Gasteiger partial charge in [0.05, 0.1) is 24.4 Å². The van der Waals surface area contributed by atoms with Gasteiger partial charge in [0.2, 0.25) is 5.79 Å². The highest BCUT2D eigenvalue weighted by Gasteiger charge is 2.53. The predicted octanol–water partition coefficient (Wildman–Crippen LogP) is 6.18. The number of Topliss-reactive ketones (excluding diaryl/α,β-unsaturated/α-hetero) is 3. The van der Waals surface area contributed by atoms with E-state index in [9.17, 15) is 39.3 Å². The largest absolute Gasteiger partial charge is 0.460 e. The number of fused-ring (bicyclic) bond motifs is 3. The topological polar surface area (TPSA) is 195 Å². The summed E-state index contributed by atoms with van der Waals surface area (Å²) in [5, 5.41) is 33.8. The molecule has 0 aromatic carbocycles. The third-order valence-electron chi connectivity index (χ3n) is 14.5. The van der Waals surface area contributed by atoms with E-state index in [4.69, 9.17) is 23.7 Å². The van der Waals surface area contributed by atoms with Crippen molar-refractivity contribution < 1.29 is 63.0 Å². The van der Waals surface area contributed by atoms with Crippen molar-refractivity contribution in [2.24, 2.45) is 35.5 Å². The first kappa shape index (κ1) is 54.2. The van der Waals surface area contributed by atoms with Crippen LogP contribution in [0.2, 0.25) is 0 Å². The molecule has 4 rings (SSSR count). The van der Waals surface area contributed by atoms with Gasteiger partial charge in [-0.3, -0.25) is 19.2 Å². The summed E-state index contributed by atoms with van der Waals surface area (Å²) in [6.45, 7) is 12.7. The second-order valence-electron chi connectivity index (χ2n) is 19.6. The number of aliphatic hydroxyl groups is 3. The standard InChI is InChI=1S/C51H79NO13/c1-30-16-12-11-13-17-31(2)42(61-8)28-38-21-19-36(7)51(60,65-38)48(57)49(58)52-23-15-14-18-39(52)50(59)64-43(33(4)26-37-20-22-40(53)44(27-37)62-9)29-41(54)32(3)25-35(6)46(56)47(63-10)45(55)34(5)24-30/h11-13,16-17,25,30,32-34,36-40,42-44,46-47,53,56,60H,14-15,18-24,26-29H2,1-10H3/b13-11?,16-12+,31-17?,35-25+/t30-,32-,33-,34-,36-,37+,38+,39+,40-,42?,43+,44-,46-,47?,51-/m1/s1. The number of ether oxygens (including phenoxy) is 5. The minimum absolute atomic E-state index is 0.0193. The lowest BCUT2D eigenvalue weighted by molar-refractivity contribution is -0.265. The Balaban J connectivity index is 1.70. The van der Waals surface area contributed by atoms with E-state index in [0.29, 0.717) is 63.4 Å². The van der Waals surface area contributed by atoms with E-state index in [-0.39, 0.29) is 54.8 Å². The number of esters is 1. The summed E-state index contributed by atoms with van der Waals surface area (Å²) in [6.07, 6.45) is 11.2. The number of piperidine rings is 1. The predicted molar refractivity (Wildman–Crippen MR) is 245 cm³/mol. The summed E-state index contributed by atoms with van der Waals surface area (Å²) in [5.74, 6) is -7.96. The highest BCUT2D eigenvalue weighted by molar-refractivity contribution is 6.39. The van der Waals surface area contributed by atoms with Crippen molar-refractivity contribution in [3.05, 3.63) is 47.6 Å². The van der Waals surface area contributed by atoms with Crippen molar-refractivity contribution in [1.29, 1.82) is 0 Å². The van der Waals surface area contributed by atoms with E-state index in [0.717, 1.165) is 12.0 Å². The normalized spacial score (nSPS) is 39.1. The molecule has 65 heavy (non-hydrogen) atoms. The smallest absolute Gasteiger partial charge is 0.329 e. The van der Waals surface area contributed by atoms with Crippen LogP contribution in [0.4, 0.5) is 0 Å². The molecule has 0 aromatic rings. The number of amides is 1. The van der Waals surface area contributed by atoms with Gasteiger partial charge in [-0.2, -0.15) is 0 Å². The molecule has 1 amide bonds. The van der Waals surface area contributed by atoms with Crippen molar-refractivity contribution in [3.8, 4) is 0 Å². The van der Waals surface area contributed by atoms with E-state index in [2.05, 4.69) is 0 Å². The summed E-state index contributed by atoms with van der Waals surface area (Å²) in [4.78, 5) is 71.8. The van der Waals surface area contributed by atoms with Crippen LogP contribution < -0.4 is 0 Å². The van der Waals surface area contributed by atoms with Gasteiger partial charge in [0, 0.05) is 58.5 Å². The van der Waals surface area contributed by atoms with Crippen LogP contribution in [0.3, 0.4) is 0 Å². The summed E-state index contributed by atoms with van der Waals surface area (Å²) in [6, 6.07) is -1.14. The number of nitrogens with zero attached hydrogens (tertiary/aromatic N) is 1. The third-order valence-corrected chi connectivity index (χ3v) is 14.5. The SMILES string of the molecule is COC1C[C@@H]2CC[C@@H](C)[C@@](O)(O2)C(=O)C(=O)N2CCCC[C@H]2C(=O)O[C@H]([C@H](C)C[C@@H]2CC[C@@H](O)[C@H](OC)C2)CC(=O)[C@H](C)/C=C(\C)[C@@H](O)C(OC)C(=O)[C@H](C)C[C@H](C)/C=C/C=CC=C1C. The Hall–Kier alpha value is -3.37. The van der Waals surface area contributed by atoms with E-state index >= 15 is 0 Å². The van der Waals surface area contributed by atoms with Crippen LogP contribution in [-0.2, 0) is 47.7 Å². The molecule has 0 aromatic heterocycles. The molecule has 2 unspecified atom stereocenters. The van der Waals surface area contributed by atoms with E-state index in [1.165, 1.54) is 12.0 Å². The summed E-state index contributed by atoms with van der Waals surface area (Å²) >= 11 is 0. The molecule has 0 radical (unpaired) electrons. The average Bonchev–Trinajstić information content (AvgIpc) is 3.28. The zero-order valence-corrected chi connectivity index (χ0v) is 40.6. The second kappa shape index (κ2) is 25.1. The van der Waals surface area contributed by atoms with Crippen LogP contribution >= 0.6 is 0 Å². The molecule has 4 aliphatic rings. The average molecular weight is 914 g/mol. The van der Waals surface area contributed by atoms with Crippen molar-refractivity contribution in [2.75, 3.05) is 27.9 Å². The minimum Gasteiger partial charge on any atom is -0.460 e. The minimum atomic E-state index is -2.43. The van der Waals surface area contributed by atoms with Gasteiger partial charge in [-0.1, -0.05) is 71.1 Å². The molecule has 3 fully saturated rings. The lowest BCUT2D eigenvalue weighted by Crippen LogP contribution is -2.61. The number of methoxy groups -OCH3 is 3. The highest BCUT2D eigenvalue weighted by Crippen LogP contribution is 2.38. The summed E-state index contributed by atoms with van der Waals surface area (Å²) < 4.78 is 29.4. The Morgan fingerprint density at radius 1 is 0.846 bits per heavy atom. The fourth-order valence-electron chi connectivity index (χ4n) is 10.1. The number of carbonyl (C=O) groups is 5. The highest BCUT2D eigenvalue weighted by atomic mass is 16.6. The molecule has 14 heteroatoms. The van der Waals surface area contributed by atoms with Gasteiger partial charge in [0.15, 0.2) is 5.78 Å². The van der Waals surface area contributed by atoms with Crippen molar-refractivity contribution in [2.45, 2.75) is 180 Å². The summed E-state index contributed by atoms with van der Waals surface area (Å²) in [7, 11) is 4.52. The lowest BCUT2D eigenvalue weighted by atomic mass is 9.78. The number of carbonyl (C=O) groups excluding carboxylic acids is 5. The molecule has 366 valence electrons. The Bertz CT molecular complexity index is 1760. The van der Waals surface area contributed by atoms with Gasteiger partial charge in [0.25, 0.3) is 11.7 Å². The van der Waals surface area contributed by atoms with Crippen LogP contribution in [0, 0.1) is 35.5 Å². The first-order valence-corrected chi connectivity index (χ1v) is 23.9. The van der Waals surface area contributed by atoms with Crippen molar-refractivity contribution in [1.82, 2.24) is 4.90 Å². The zero-order valence-electron chi connectivity index (χ0n) is 40.6. The molecule has 3 heterocycles. The zero-order chi connectivity index (χ0) is 48.2. The number of ketones is 3. The first-order valence-electron chi connectivity index (χ1n) is 23.9. The summed E-state index contributed by atoms with van der Waals surface area (Å²) in [5.41, 5.74) is 1.27. The molecule has 2 bridgehead atoms. The first-order chi connectivity index (χ1) is 30.7. The lowest BCUT2D eigenvalue weighted by Gasteiger charge is -2.42. The Morgan fingerprint density at radius 3 is 2.25 bits per heavy atom. The molecule has 15 atom stereocenters. The number of aliphatic hydroxyl groups excluding tert-OH is 2. The Morgan fingerprint density at radius 2 is 1.57 bits per heavy atom. The third kappa shape index (κ3) is 14.3. The van der Waals surface area contributed by atoms with Crippen molar-refractivity contribution in [3.63, 3.8) is 0 Å². The molecular formula is C51H79NO13. The maximum absolute atomic E-state index is 14.4. The molecule has 0 spiro atoms. The fraction of sp³-hybridized carbons (Fsp3) is 0.745. The number of cyclic esters (lactones) is 1. The quantitative estimate of drug-likeness (QED) is 0.156. The molecule has 1 aliphatic carbocycles. The van der Waals surface area contributed by atoms with Crippen LogP contribution in [0.5, 0.6) is 0 Å². The van der Waals surface area contributed by atoms with Crippen LogP contribution in [0.1, 0.15) is 126 Å².